The van der Waals surface area contributed by atoms with Crippen molar-refractivity contribution in [1.29, 1.82) is 0 Å². The maximum absolute atomic E-state index is 13.4. The van der Waals surface area contributed by atoms with Gasteiger partial charge < -0.3 is 15.2 Å². The van der Waals surface area contributed by atoms with Crippen LogP contribution in [0.25, 0.3) is 22.6 Å². The third-order valence-electron chi connectivity index (χ3n) is 4.61. The summed E-state index contributed by atoms with van der Waals surface area (Å²) in [5.41, 5.74) is -2.21. The van der Waals surface area contributed by atoms with Crippen LogP contribution in [0.2, 0.25) is 0 Å². The molecule has 0 bridgehead atoms. The van der Waals surface area contributed by atoms with Crippen molar-refractivity contribution in [2.45, 2.75) is 38.0 Å². The van der Waals surface area contributed by atoms with Crippen LogP contribution in [-0.4, -0.2) is 54.9 Å². The Hall–Kier alpha value is -3.68. The van der Waals surface area contributed by atoms with Crippen molar-refractivity contribution in [2.75, 3.05) is 0 Å². The van der Waals surface area contributed by atoms with E-state index in [9.17, 15) is 36.2 Å². The number of carbonyl (C=O) groups is 1. The van der Waals surface area contributed by atoms with E-state index in [1.165, 1.54) is 29.2 Å². The van der Waals surface area contributed by atoms with Crippen molar-refractivity contribution in [3.63, 3.8) is 0 Å². The normalized spacial score (nSPS) is 13.4. The van der Waals surface area contributed by atoms with Crippen LogP contribution in [0.5, 0.6) is 5.75 Å². The lowest BCUT2D eigenvalue weighted by atomic mass is 9.98. The summed E-state index contributed by atoms with van der Waals surface area (Å²) in [4.78, 5) is 21.1. The lowest BCUT2D eigenvalue weighted by Crippen LogP contribution is -2.57. The van der Waals surface area contributed by atoms with Gasteiger partial charge in [-0.15, -0.1) is 13.2 Å². The third-order valence-corrected chi connectivity index (χ3v) is 4.61. The van der Waals surface area contributed by atoms with Gasteiger partial charge in [0.1, 0.15) is 11.4 Å². The summed E-state index contributed by atoms with van der Waals surface area (Å²) in [6.07, 6.45) is -7.01. The maximum atomic E-state index is 13.4. The number of aliphatic hydroxyl groups is 1. The number of aryl methyl sites for hydroxylation is 1. The molecule has 0 radical (unpaired) electrons. The number of hydrogen-bond acceptors (Lipinski definition) is 6. The second-order valence-corrected chi connectivity index (χ2v) is 8.04. The van der Waals surface area contributed by atoms with Crippen LogP contribution < -0.4 is 10.1 Å². The summed E-state index contributed by atoms with van der Waals surface area (Å²) in [5.74, 6) is -1.82. The molecule has 1 aromatic carbocycles. The summed E-state index contributed by atoms with van der Waals surface area (Å²) in [6.45, 7) is 1.78. The van der Waals surface area contributed by atoms with Crippen LogP contribution in [0.4, 0.5) is 26.3 Å². The van der Waals surface area contributed by atoms with Gasteiger partial charge >= 0.3 is 12.5 Å². The van der Waals surface area contributed by atoms with Gasteiger partial charge in [0.25, 0.3) is 5.91 Å². The number of nitrogens with one attached hydrogen (secondary N) is 1. The minimum Gasteiger partial charge on any atom is -0.406 e. The second kappa shape index (κ2) is 9.17. The minimum atomic E-state index is -4.97. The molecule has 0 saturated carbocycles. The van der Waals surface area contributed by atoms with Crippen LogP contribution in [0.1, 0.15) is 24.3 Å². The van der Waals surface area contributed by atoms with E-state index in [2.05, 4.69) is 19.8 Å². The van der Waals surface area contributed by atoms with Crippen LogP contribution in [0.15, 0.2) is 42.7 Å². The molecule has 0 unspecified atom stereocenters. The molecule has 8 nitrogen and oxygen atoms in total. The number of rotatable bonds is 6. The topological polar surface area (TPSA) is 102 Å². The molecule has 0 aliphatic rings. The molecule has 2 N–H and O–H groups in total. The Kier molecular flexibility index (Phi) is 6.79. The third kappa shape index (κ3) is 6.68. The largest absolute Gasteiger partial charge is 0.573 e. The van der Waals surface area contributed by atoms with Gasteiger partial charge in [-0.1, -0.05) is 0 Å². The number of nitrogens with zero attached hydrogens (tertiary/aromatic N) is 4. The van der Waals surface area contributed by atoms with Crippen LogP contribution >= 0.6 is 0 Å². The van der Waals surface area contributed by atoms with Crippen molar-refractivity contribution in [1.82, 2.24) is 25.1 Å². The first-order valence-electron chi connectivity index (χ1n) is 9.87. The Morgan fingerprint density at radius 2 is 1.69 bits per heavy atom. The average molecular weight is 503 g/mol. The lowest BCUT2D eigenvalue weighted by molar-refractivity contribution is -0.274. The molecule has 3 aromatic rings. The van der Waals surface area contributed by atoms with E-state index in [4.69, 9.17) is 0 Å². The summed E-state index contributed by atoms with van der Waals surface area (Å²) in [5, 5.41) is 15.6. The number of halogens is 6. The number of aromatic nitrogens is 4. The zero-order chi connectivity index (χ0) is 26.2. The Labute approximate surface area is 194 Å². The smallest absolute Gasteiger partial charge is 0.406 e. The van der Waals surface area contributed by atoms with E-state index in [0.29, 0.717) is 5.56 Å². The van der Waals surface area contributed by atoms with Gasteiger partial charge in [0.2, 0.25) is 0 Å². The Morgan fingerprint density at radius 1 is 1.06 bits per heavy atom. The first-order chi connectivity index (χ1) is 16.0. The summed E-state index contributed by atoms with van der Waals surface area (Å²) in [6, 6.07) is 2.96. The molecule has 0 fully saturated rings. The summed E-state index contributed by atoms with van der Waals surface area (Å²) >= 11 is 0. The van der Waals surface area contributed by atoms with Crippen LogP contribution in [-0.2, 0) is 7.05 Å². The number of hydrogen-bond donors (Lipinski definition) is 2. The van der Waals surface area contributed by atoms with Gasteiger partial charge in [0.05, 0.1) is 23.1 Å². The number of alkyl halides is 6. The monoisotopic (exact) mass is 503 g/mol. The van der Waals surface area contributed by atoms with Gasteiger partial charge in [-0.3, -0.25) is 9.48 Å². The van der Waals surface area contributed by atoms with E-state index in [1.54, 1.807) is 12.4 Å². The molecule has 2 heterocycles. The molecule has 1 atom stereocenters. The maximum Gasteiger partial charge on any atom is 0.573 e. The fraction of sp³-hybridized carbons (Fsp3) is 0.333. The fourth-order valence-corrected chi connectivity index (χ4v) is 3.07. The van der Waals surface area contributed by atoms with Crippen molar-refractivity contribution >= 4 is 5.91 Å². The zero-order valence-corrected chi connectivity index (χ0v) is 18.4. The Bertz CT molecular complexity index is 1190. The molecular weight excluding hydrogens is 484 g/mol. The first-order valence-corrected chi connectivity index (χ1v) is 9.87. The molecule has 1 amide bonds. The van der Waals surface area contributed by atoms with Crippen molar-refractivity contribution in [2.24, 2.45) is 7.05 Å². The average Bonchev–Trinajstić information content (AvgIpc) is 3.15. The standard InChI is InChI=1S/C21H19F6N5O3/c1-19(2,34)18(20(22,23)24)31-17(33)15-8-14(29-16(30-15)12-9-28-32(3)10-12)11-4-6-13(7-5-11)35-21(25,26)27/h4-10,18,34H,1-3H3,(H,31,33)/t18-/m1/s1. The van der Waals surface area contributed by atoms with Gasteiger partial charge in [-0.05, 0) is 44.2 Å². The first kappa shape index (κ1) is 25.9. The number of benzene rings is 1. The highest BCUT2D eigenvalue weighted by molar-refractivity contribution is 5.94. The number of amides is 1. The van der Waals surface area contributed by atoms with Crippen molar-refractivity contribution < 1.29 is 41.0 Å². The quantitative estimate of drug-likeness (QED) is 0.496. The predicted molar refractivity (Wildman–Crippen MR) is 110 cm³/mol. The minimum absolute atomic E-state index is 0.0365. The molecule has 188 valence electrons. The van der Waals surface area contributed by atoms with Gasteiger partial charge in [0.15, 0.2) is 11.9 Å². The van der Waals surface area contributed by atoms with Gasteiger partial charge in [-0.2, -0.15) is 18.3 Å². The molecule has 35 heavy (non-hydrogen) atoms. The van der Waals surface area contributed by atoms with E-state index < -0.39 is 41.5 Å². The second-order valence-electron chi connectivity index (χ2n) is 8.04. The predicted octanol–water partition coefficient (Wildman–Crippen LogP) is 3.87. The number of carbonyl (C=O) groups excluding carboxylic acids is 1. The van der Waals surface area contributed by atoms with Crippen molar-refractivity contribution in [3.8, 4) is 28.4 Å². The lowest BCUT2D eigenvalue weighted by Gasteiger charge is -2.31. The molecule has 0 saturated heterocycles. The van der Waals surface area contributed by atoms with E-state index in [1.807, 2.05) is 0 Å². The van der Waals surface area contributed by atoms with E-state index >= 15 is 0 Å². The van der Waals surface area contributed by atoms with Crippen LogP contribution in [0.3, 0.4) is 0 Å². The molecule has 0 aliphatic carbocycles. The number of ether oxygens (including phenoxy) is 1. The molecule has 3 rings (SSSR count). The Balaban J connectivity index is 2.04. The van der Waals surface area contributed by atoms with Crippen molar-refractivity contribution in [3.05, 3.63) is 48.4 Å². The van der Waals surface area contributed by atoms with E-state index in [0.717, 1.165) is 32.0 Å². The molecule has 0 spiro atoms. The molecule has 2 aromatic heterocycles. The fourth-order valence-electron chi connectivity index (χ4n) is 3.07. The summed E-state index contributed by atoms with van der Waals surface area (Å²) in [7, 11) is 1.59. The highest BCUT2D eigenvalue weighted by Gasteiger charge is 2.49. The summed E-state index contributed by atoms with van der Waals surface area (Å²) < 4.78 is 82.8. The Morgan fingerprint density at radius 3 is 2.17 bits per heavy atom. The molecular formula is C21H19F6N5O3. The molecule has 14 heteroatoms. The zero-order valence-electron chi connectivity index (χ0n) is 18.4. The highest BCUT2D eigenvalue weighted by atomic mass is 19.4. The van der Waals surface area contributed by atoms with Gasteiger partial charge in [0, 0.05) is 18.8 Å². The van der Waals surface area contributed by atoms with Crippen LogP contribution in [0, 0.1) is 0 Å². The molecule has 0 aliphatic heterocycles. The highest BCUT2D eigenvalue weighted by Crippen LogP contribution is 2.30. The van der Waals surface area contributed by atoms with Gasteiger partial charge in [-0.25, -0.2) is 9.97 Å². The van der Waals surface area contributed by atoms with E-state index in [-0.39, 0.29) is 17.1 Å². The SMILES string of the molecule is Cn1cc(-c2nc(C(=O)N[C@H](C(C)(C)O)C(F)(F)F)cc(-c3ccc(OC(F)(F)F)cc3)n2)cn1.